The highest BCUT2D eigenvalue weighted by atomic mass is 32.1. The molecule has 3 rings (SSSR count). The van der Waals surface area contributed by atoms with Crippen molar-refractivity contribution >= 4 is 45.5 Å². The van der Waals surface area contributed by atoms with Crippen LogP contribution in [0.4, 0.5) is 5.00 Å². The number of amides is 2. The fourth-order valence-corrected chi connectivity index (χ4v) is 4.32. The number of hydrogen-bond acceptors (Lipinski definition) is 6. The van der Waals surface area contributed by atoms with Crippen LogP contribution in [0.5, 0.6) is 0 Å². The molecule has 0 unspecified atom stereocenters. The molecule has 2 aromatic heterocycles. The first-order valence-corrected chi connectivity index (χ1v) is 10.1. The molecule has 0 saturated carbocycles. The molecule has 0 aliphatic carbocycles. The Morgan fingerprint density at radius 3 is 2.43 bits per heavy atom. The number of ether oxygens (including phenoxy) is 1. The van der Waals surface area contributed by atoms with Gasteiger partial charge in [-0.2, -0.15) is 0 Å². The Morgan fingerprint density at radius 1 is 1.04 bits per heavy atom. The summed E-state index contributed by atoms with van der Waals surface area (Å²) >= 11 is 2.35. The second-order valence-electron chi connectivity index (χ2n) is 5.85. The molecule has 0 saturated heterocycles. The summed E-state index contributed by atoms with van der Waals surface area (Å²) in [6, 6.07) is 13.0. The van der Waals surface area contributed by atoms with Crippen LogP contribution < -0.4 is 10.6 Å². The molecule has 3 aromatic rings. The van der Waals surface area contributed by atoms with Crippen LogP contribution in [0.1, 0.15) is 40.8 Å². The number of thiophene rings is 2. The average Bonchev–Trinajstić information content (AvgIpc) is 3.35. The number of benzene rings is 1. The lowest BCUT2D eigenvalue weighted by atomic mass is 10.1. The minimum Gasteiger partial charge on any atom is -0.465 e. The molecule has 0 spiro atoms. The highest BCUT2D eigenvalue weighted by molar-refractivity contribution is 7.19. The van der Waals surface area contributed by atoms with Crippen LogP contribution in [0.2, 0.25) is 0 Å². The van der Waals surface area contributed by atoms with Crippen molar-refractivity contribution in [3.63, 3.8) is 0 Å². The van der Waals surface area contributed by atoms with Crippen molar-refractivity contribution < 1.29 is 19.1 Å². The zero-order chi connectivity index (χ0) is 20.1. The molecular formula is C20H18N2O4S2. The maximum Gasteiger partial charge on any atom is 0.341 e. The second kappa shape index (κ2) is 8.81. The molecule has 6 nitrogen and oxygen atoms in total. The van der Waals surface area contributed by atoms with E-state index in [1.807, 2.05) is 30.3 Å². The molecule has 0 fully saturated rings. The molecule has 0 aliphatic rings. The quantitative estimate of drug-likeness (QED) is 0.595. The molecule has 1 aromatic carbocycles. The molecule has 28 heavy (non-hydrogen) atoms. The summed E-state index contributed by atoms with van der Waals surface area (Å²) in [4.78, 5) is 38.2. The Labute approximate surface area is 170 Å². The van der Waals surface area contributed by atoms with Crippen LogP contribution >= 0.6 is 22.7 Å². The summed E-state index contributed by atoms with van der Waals surface area (Å²) in [5.41, 5.74) is 1.63. The van der Waals surface area contributed by atoms with E-state index in [-0.39, 0.29) is 17.4 Å². The summed E-state index contributed by atoms with van der Waals surface area (Å²) in [6.07, 6.45) is 0. The molecule has 2 amide bonds. The van der Waals surface area contributed by atoms with Crippen LogP contribution in [0.3, 0.4) is 0 Å². The zero-order valence-electron chi connectivity index (χ0n) is 15.3. The number of esters is 1. The number of nitrogens with one attached hydrogen (secondary N) is 2. The molecular weight excluding hydrogens is 396 g/mol. The molecule has 0 aliphatic heterocycles. The van der Waals surface area contributed by atoms with E-state index in [2.05, 4.69) is 10.6 Å². The van der Waals surface area contributed by atoms with Crippen molar-refractivity contribution in [3.05, 3.63) is 74.3 Å². The van der Waals surface area contributed by atoms with Crippen LogP contribution in [-0.2, 0) is 11.3 Å². The Morgan fingerprint density at radius 2 is 1.79 bits per heavy atom. The summed E-state index contributed by atoms with van der Waals surface area (Å²) in [5.74, 6) is -1.25. The van der Waals surface area contributed by atoms with Gasteiger partial charge in [0.25, 0.3) is 11.8 Å². The number of rotatable bonds is 6. The lowest BCUT2D eigenvalue weighted by Gasteiger charge is -2.05. The zero-order valence-corrected chi connectivity index (χ0v) is 16.9. The third-order valence-electron chi connectivity index (χ3n) is 4.01. The van der Waals surface area contributed by atoms with Gasteiger partial charge in [0.15, 0.2) is 0 Å². The summed E-state index contributed by atoms with van der Waals surface area (Å²) in [7, 11) is 1.26. The number of carbonyl (C=O) groups excluding carboxylic acids is 3. The van der Waals surface area contributed by atoms with Gasteiger partial charge in [-0.05, 0) is 29.5 Å². The van der Waals surface area contributed by atoms with E-state index in [4.69, 9.17) is 4.74 Å². The van der Waals surface area contributed by atoms with Gasteiger partial charge in [-0.1, -0.05) is 36.4 Å². The fourth-order valence-electron chi connectivity index (χ4n) is 2.60. The van der Waals surface area contributed by atoms with Gasteiger partial charge in [-0.3, -0.25) is 9.59 Å². The van der Waals surface area contributed by atoms with E-state index in [0.29, 0.717) is 26.9 Å². The van der Waals surface area contributed by atoms with Gasteiger partial charge in [-0.25, -0.2) is 4.79 Å². The minimum absolute atomic E-state index is 0.197. The monoisotopic (exact) mass is 414 g/mol. The van der Waals surface area contributed by atoms with Crippen molar-refractivity contribution in [2.45, 2.75) is 13.5 Å². The van der Waals surface area contributed by atoms with Crippen molar-refractivity contribution in [1.29, 1.82) is 0 Å². The highest BCUT2D eigenvalue weighted by Gasteiger charge is 2.26. The van der Waals surface area contributed by atoms with E-state index >= 15 is 0 Å². The molecule has 2 heterocycles. The third-order valence-corrected chi connectivity index (χ3v) is 6.09. The van der Waals surface area contributed by atoms with Gasteiger partial charge in [0.1, 0.15) is 5.00 Å². The predicted octanol–water partition coefficient (Wildman–Crippen LogP) is 4.09. The number of anilines is 1. The first kappa shape index (κ1) is 19.8. The predicted molar refractivity (Wildman–Crippen MR) is 110 cm³/mol. The smallest absolute Gasteiger partial charge is 0.341 e. The van der Waals surface area contributed by atoms with Crippen LogP contribution in [0, 0.1) is 6.92 Å². The first-order valence-electron chi connectivity index (χ1n) is 8.40. The molecule has 8 heteroatoms. The molecule has 0 radical (unpaired) electrons. The van der Waals surface area contributed by atoms with Crippen LogP contribution in [0.15, 0.2) is 47.8 Å². The third kappa shape index (κ3) is 4.29. The largest absolute Gasteiger partial charge is 0.465 e. The second-order valence-corrected chi connectivity index (χ2v) is 7.82. The van der Waals surface area contributed by atoms with E-state index < -0.39 is 5.97 Å². The molecule has 0 atom stereocenters. The van der Waals surface area contributed by atoms with Gasteiger partial charge in [0.05, 0.1) is 22.4 Å². The van der Waals surface area contributed by atoms with E-state index in [1.165, 1.54) is 18.4 Å². The summed E-state index contributed by atoms with van der Waals surface area (Å²) in [6.45, 7) is 2.03. The number of carbonyl (C=O) groups is 3. The Balaban J connectivity index is 1.85. The van der Waals surface area contributed by atoms with Gasteiger partial charge >= 0.3 is 5.97 Å². The average molecular weight is 415 g/mol. The minimum atomic E-state index is -0.600. The standard InChI is InChI=1S/C20H18N2O4S2/c1-12-15(20(25)26-2)19(22-17(23)14-9-6-10-27-14)28-16(12)18(24)21-11-13-7-4-3-5-8-13/h3-10H,11H2,1-2H3,(H,21,24)(H,22,23). The molecule has 2 N–H and O–H groups in total. The van der Waals surface area contributed by atoms with E-state index in [0.717, 1.165) is 16.9 Å². The topological polar surface area (TPSA) is 84.5 Å². The Kier molecular flexibility index (Phi) is 6.23. The highest BCUT2D eigenvalue weighted by Crippen LogP contribution is 2.34. The fraction of sp³-hybridized carbons (Fsp3) is 0.150. The first-order chi connectivity index (χ1) is 13.5. The maximum atomic E-state index is 12.7. The number of hydrogen-bond donors (Lipinski definition) is 2. The van der Waals surface area contributed by atoms with Crippen LogP contribution in [-0.4, -0.2) is 24.9 Å². The maximum absolute atomic E-state index is 12.7. The molecule has 0 bridgehead atoms. The summed E-state index contributed by atoms with van der Waals surface area (Å²) < 4.78 is 4.84. The van der Waals surface area contributed by atoms with Crippen molar-refractivity contribution in [1.82, 2.24) is 5.32 Å². The lowest BCUT2D eigenvalue weighted by molar-refractivity contribution is 0.0601. The lowest BCUT2D eigenvalue weighted by Crippen LogP contribution is -2.22. The normalized spacial score (nSPS) is 10.4. The van der Waals surface area contributed by atoms with Gasteiger partial charge < -0.3 is 15.4 Å². The van der Waals surface area contributed by atoms with Gasteiger partial charge in [-0.15, -0.1) is 22.7 Å². The summed E-state index contributed by atoms with van der Waals surface area (Å²) in [5, 5.41) is 7.66. The van der Waals surface area contributed by atoms with Crippen LogP contribution in [0.25, 0.3) is 0 Å². The van der Waals surface area contributed by atoms with Crippen molar-refractivity contribution in [2.24, 2.45) is 0 Å². The SMILES string of the molecule is COC(=O)c1c(NC(=O)c2cccs2)sc(C(=O)NCc2ccccc2)c1C. The van der Waals surface area contributed by atoms with Crippen molar-refractivity contribution in [3.8, 4) is 0 Å². The van der Waals surface area contributed by atoms with E-state index in [9.17, 15) is 14.4 Å². The van der Waals surface area contributed by atoms with Gasteiger partial charge in [0.2, 0.25) is 0 Å². The Hall–Kier alpha value is -2.97. The van der Waals surface area contributed by atoms with Gasteiger partial charge in [0, 0.05) is 6.54 Å². The van der Waals surface area contributed by atoms with E-state index in [1.54, 1.807) is 24.4 Å². The van der Waals surface area contributed by atoms with Crippen molar-refractivity contribution in [2.75, 3.05) is 12.4 Å². The Bertz CT molecular complexity index is 995. The molecule has 144 valence electrons. The number of methoxy groups -OCH3 is 1.